The van der Waals surface area contributed by atoms with E-state index in [4.69, 9.17) is 0 Å². The number of thiophene rings is 1. The fourth-order valence-electron chi connectivity index (χ4n) is 1.48. The van der Waals surface area contributed by atoms with Gasteiger partial charge in [0.15, 0.2) is 0 Å². The molecule has 2 amide bonds. The first-order valence-electron chi connectivity index (χ1n) is 5.66. The largest absolute Gasteiger partial charge is 0.355 e. The van der Waals surface area contributed by atoms with Crippen molar-refractivity contribution in [2.75, 3.05) is 13.1 Å². The molecule has 2 N–H and O–H groups in total. The van der Waals surface area contributed by atoms with Crippen LogP contribution < -0.4 is 10.6 Å². The summed E-state index contributed by atoms with van der Waals surface area (Å²) in [7, 11) is 0. The minimum atomic E-state index is -0.0838. The molecule has 0 spiro atoms. The molecule has 4 nitrogen and oxygen atoms in total. The summed E-state index contributed by atoms with van der Waals surface area (Å²) in [6.07, 6.45) is 0.946. The van der Waals surface area contributed by atoms with Crippen LogP contribution in [0.25, 0.3) is 0 Å². The quantitative estimate of drug-likeness (QED) is 0.782. The van der Waals surface area contributed by atoms with Crippen molar-refractivity contribution in [1.29, 1.82) is 0 Å². The highest BCUT2D eigenvalue weighted by atomic mass is 32.1. The average molecular weight is 254 g/mol. The van der Waals surface area contributed by atoms with Gasteiger partial charge in [0.25, 0.3) is 5.91 Å². The maximum atomic E-state index is 11.8. The summed E-state index contributed by atoms with van der Waals surface area (Å²) in [5.74, 6) is -0.150. The van der Waals surface area contributed by atoms with Crippen molar-refractivity contribution in [3.8, 4) is 0 Å². The standard InChI is InChI=1S/C12H18N2O2S/c1-4-10-7-11(17-8(10)2)12(16)14-6-5-13-9(3)15/h7H,4-6H2,1-3H3,(H,13,15)(H,14,16). The first kappa shape index (κ1) is 13.7. The predicted molar refractivity (Wildman–Crippen MR) is 69.5 cm³/mol. The van der Waals surface area contributed by atoms with Crippen LogP contribution in [0.15, 0.2) is 6.07 Å². The van der Waals surface area contributed by atoms with E-state index in [0.29, 0.717) is 13.1 Å². The zero-order chi connectivity index (χ0) is 12.8. The van der Waals surface area contributed by atoms with E-state index in [1.807, 2.05) is 13.0 Å². The second-order valence-electron chi connectivity index (χ2n) is 3.78. The minimum absolute atomic E-state index is 0.0665. The molecule has 0 radical (unpaired) electrons. The number of carbonyl (C=O) groups excluding carboxylic acids is 2. The van der Waals surface area contributed by atoms with Crippen molar-refractivity contribution in [2.45, 2.75) is 27.2 Å². The SMILES string of the molecule is CCc1cc(C(=O)NCCNC(C)=O)sc1C. The van der Waals surface area contributed by atoms with Gasteiger partial charge in [0, 0.05) is 24.9 Å². The zero-order valence-electron chi connectivity index (χ0n) is 10.4. The Morgan fingerprint density at radius 1 is 1.29 bits per heavy atom. The Labute approximate surface area is 105 Å². The van der Waals surface area contributed by atoms with Gasteiger partial charge in [-0.3, -0.25) is 9.59 Å². The van der Waals surface area contributed by atoms with E-state index in [0.717, 1.165) is 11.3 Å². The van der Waals surface area contributed by atoms with Crippen LogP contribution in [0.4, 0.5) is 0 Å². The summed E-state index contributed by atoms with van der Waals surface area (Å²) in [4.78, 5) is 24.3. The summed E-state index contributed by atoms with van der Waals surface area (Å²) < 4.78 is 0. The van der Waals surface area contributed by atoms with Crippen LogP contribution in [0.1, 0.15) is 34.0 Å². The van der Waals surface area contributed by atoms with Gasteiger partial charge in [-0.2, -0.15) is 0 Å². The van der Waals surface area contributed by atoms with Gasteiger partial charge in [-0.05, 0) is 25.0 Å². The Morgan fingerprint density at radius 3 is 2.47 bits per heavy atom. The van der Waals surface area contributed by atoms with Crippen LogP contribution in [-0.4, -0.2) is 24.9 Å². The molecule has 0 saturated carbocycles. The molecule has 0 aromatic carbocycles. The molecule has 94 valence electrons. The Bertz CT molecular complexity index is 413. The third-order valence-electron chi connectivity index (χ3n) is 2.41. The first-order valence-corrected chi connectivity index (χ1v) is 6.48. The highest BCUT2D eigenvalue weighted by molar-refractivity contribution is 7.14. The van der Waals surface area contributed by atoms with Gasteiger partial charge in [-0.25, -0.2) is 0 Å². The van der Waals surface area contributed by atoms with Crippen LogP contribution in [0.3, 0.4) is 0 Å². The number of rotatable bonds is 5. The fourth-order valence-corrected chi connectivity index (χ4v) is 2.51. The van der Waals surface area contributed by atoms with Gasteiger partial charge in [-0.1, -0.05) is 6.92 Å². The summed E-state index contributed by atoms with van der Waals surface area (Å²) >= 11 is 1.51. The average Bonchev–Trinajstić information content (AvgIpc) is 2.65. The Hall–Kier alpha value is -1.36. The molecule has 0 aliphatic heterocycles. The van der Waals surface area contributed by atoms with Crippen molar-refractivity contribution >= 4 is 23.2 Å². The minimum Gasteiger partial charge on any atom is -0.355 e. The number of nitrogens with one attached hydrogen (secondary N) is 2. The third-order valence-corrected chi connectivity index (χ3v) is 3.50. The Morgan fingerprint density at radius 2 is 1.94 bits per heavy atom. The predicted octanol–water partition coefficient (Wildman–Crippen LogP) is 1.48. The van der Waals surface area contributed by atoms with Crippen LogP contribution >= 0.6 is 11.3 Å². The fraction of sp³-hybridized carbons (Fsp3) is 0.500. The molecule has 1 rings (SSSR count). The van der Waals surface area contributed by atoms with Crippen molar-refractivity contribution in [3.63, 3.8) is 0 Å². The molecule has 0 aliphatic rings. The van der Waals surface area contributed by atoms with E-state index < -0.39 is 0 Å². The Balaban J connectivity index is 2.44. The normalized spacial score (nSPS) is 10.1. The lowest BCUT2D eigenvalue weighted by atomic mass is 10.2. The number of carbonyl (C=O) groups is 2. The van der Waals surface area contributed by atoms with E-state index in [1.54, 1.807) is 0 Å². The van der Waals surface area contributed by atoms with E-state index in [1.165, 1.54) is 28.7 Å². The van der Waals surface area contributed by atoms with Gasteiger partial charge in [0.2, 0.25) is 5.91 Å². The molecule has 0 fully saturated rings. The molecular weight excluding hydrogens is 236 g/mol. The lowest BCUT2D eigenvalue weighted by Crippen LogP contribution is -2.33. The topological polar surface area (TPSA) is 58.2 Å². The smallest absolute Gasteiger partial charge is 0.261 e. The molecule has 17 heavy (non-hydrogen) atoms. The molecule has 5 heteroatoms. The second-order valence-corrected chi connectivity index (χ2v) is 5.04. The zero-order valence-corrected chi connectivity index (χ0v) is 11.2. The third kappa shape index (κ3) is 4.19. The summed E-state index contributed by atoms with van der Waals surface area (Å²) in [6, 6.07) is 1.94. The summed E-state index contributed by atoms with van der Waals surface area (Å²) in [6.45, 7) is 6.48. The van der Waals surface area contributed by atoms with Crippen molar-refractivity contribution in [1.82, 2.24) is 10.6 Å². The molecule has 1 aromatic heterocycles. The van der Waals surface area contributed by atoms with Gasteiger partial charge in [0.05, 0.1) is 4.88 Å². The van der Waals surface area contributed by atoms with Crippen LogP contribution in [0.5, 0.6) is 0 Å². The molecule has 1 heterocycles. The summed E-state index contributed by atoms with van der Waals surface area (Å²) in [5, 5.41) is 5.41. The molecule has 0 saturated heterocycles. The maximum absolute atomic E-state index is 11.8. The van der Waals surface area contributed by atoms with E-state index >= 15 is 0 Å². The van der Waals surface area contributed by atoms with Gasteiger partial charge >= 0.3 is 0 Å². The highest BCUT2D eigenvalue weighted by Crippen LogP contribution is 2.21. The van der Waals surface area contributed by atoms with Gasteiger partial charge < -0.3 is 10.6 Å². The molecule has 0 bridgehead atoms. The molecule has 0 atom stereocenters. The number of hydrogen-bond donors (Lipinski definition) is 2. The van der Waals surface area contributed by atoms with Gasteiger partial charge in [-0.15, -0.1) is 11.3 Å². The summed E-state index contributed by atoms with van der Waals surface area (Å²) in [5.41, 5.74) is 1.22. The monoisotopic (exact) mass is 254 g/mol. The first-order chi connectivity index (χ1) is 8.04. The van der Waals surface area contributed by atoms with Gasteiger partial charge in [0.1, 0.15) is 0 Å². The van der Waals surface area contributed by atoms with Crippen LogP contribution in [0.2, 0.25) is 0 Å². The number of hydrogen-bond acceptors (Lipinski definition) is 3. The lowest BCUT2D eigenvalue weighted by molar-refractivity contribution is -0.118. The van der Waals surface area contributed by atoms with E-state index in [9.17, 15) is 9.59 Å². The second kappa shape index (κ2) is 6.39. The van der Waals surface area contributed by atoms with E-state index in [2.05, 4.69) is 17.6 Å². The maximum Gasteiger partial charge on any atom is 0.261 e. The Kier molecular flexibility index (Phi) is 5.15. The van der Waals surface area contributed by atoms with Crippen LogP contribution in [-0.2, 0) is 11.2 Å². The van der Waals surface area contributed by atoms with Crippen LogP contribution in [0, 0.1) is 6.92 Å². The molecule has 0 unspecified atom stereocenters. The molecular formula is C12H18N2O2S. The van der Waals surface area contributed by atoms with Crippen molar-refractivity contribution in [3.05, 3.63) is 21.4 Å². The molecule has 1 aromatic rings. The molecule has 0 aliphatic carbocycles. The lowest BCUT2D eigenvalue weighted by Gasteiger charge is -2.03. The number of aryl methyl sites for hydroxylation is 2. The van der Waals surface area contributed by atoms with Crippen molar-refractivity contribution < 1.29 is 9.59 Å². The number of amides is 2. The van der Waals surface area contributed by atoms with Crippen molar-refractivity contribution in [2.24, 2.45) is 0 Å². The highest BCUT2D eigenvalue weighted by Gasteiger charge is 2.10. The van der Waals surface area contributed by atoms with E-state index in [-0.39, 0.29) is 11.8 Å².